The molecule has 17 heavy (non-hydrogen) atoms. The third kappa shape index (κ3) is 2.86. The topological polar surface area (TPSA) is 41.6 Å². The molecule has 1 amide bonds. The lowest BCUT2D eigenvalue weighted by Crippen LogP contribution is -2.48. The summed E-state index contributed by atoms with van der Waals surface area (Å²) in [6.07, 6.45) is 0.109. The Labute approximate surface area is 106 Å². The van der Waals surface area contributed by atoms with Gasteiger partial charge in [0.15, 0.2) is 0 Å². The second kappa shape index (κ2) is 5.62. The minimum Gasteiger partial charge on any atom is -0.373 e. The van der Waals surface area contributed by atoms with Gasteiger partial charge in [0, 0.05) is 19.6 Å². The van der Waals surface area contributed by atoms with Gasteiger partial charge >= 0.3 is 0 Å². The van der Waals surface area contributed by atoms with Crippen molar-refractivity contribution >= 4 is 17.2 Å². The van der Waals surface area contributed by atoms with Crippen LogP contribution >= 0.6 is 11.3 Å². The van der Waals surface area contributed by atoms with Gasteiger partial charge in [0.25, 0.3) is 5.91 Å². The highest BCUT2D eigenvalue weighted by Gasteiger charge is 2.25. The molecule has 2 rings (SSSR count). The highest BCUT2D eigenvalue weighted by atomic mass is 32.1. The number of aryl methyl sites for hydroxylation is 1. The van der Waals surface area contributed by atoms with E-state index in [9.17, 15) is 4.79 Å². The Kier molecular flexibility index (Phi) is 4.15. The van der Waals surface area contributed by atoms with Crippen LogP contribution in [0.4, 0.5) is 0 Å². The van der Waals surface area contributed by atoms with E-state index in [2.05, 4.69) is 5.32 Å². The van der Waals surface area contributed by atoms with Gasteiger partial charge in [0.05, 0.1) is 17.6 Å². The van der Waals surface area contributed by atoms with Crippen LogP contribution in [0.2, 0.25) is 0 Å². The van der Waals surface area contributed by atoms with Gasteiger partial charge in [-0.05, 0) is 31.0 Å². The number of rotatable bonds is 3. The Hall–Kier alpha value is -0.910. The van der Waals surface area contributed by atoms with Gasteiger partial charge in [0.2, 0.25) is 0 Å². The molecule has 1 unspecified atom stereocenters. The van der Waals surface area contributed by atoms with Crippen LogP contribution in [0.3, 0.4) is 0 Å². The molecule has 0 spiro atoms. The summed E-state index contributed by atoms with van der Waals surface area (Å²) in [7, 11) is 1.90. The monoisotopic (exact) mass is 254 g/mol. The first-order valence-electron chi connectivity index (χ1n) is 5.82. The van der Waals surface area contributed by atoms with Crippen molar-refractivity contribution in [3.05, 3.63) is 21.9 Å². The van der Waals surface area contributed by atoms with E-state index in [4.69, 9.17) is 4.74 Å². The molecule has 0 bridgehead atoms. The summed E-state index contributed by atoms with van der Waals surface area (Å²) in [5.74, 6) is 0.141. The Bertz CT molecular complexity index is 390. The van der Waals surface area contributed by atoms with Gasteiger partial charge in [0.1, 0.15) is 0 Å². The maximum absolute atomic E-state index is 12.3. The van der Waals surface area contributed by atoms with Gasteiger partial charge < -0.3 is 15.0 Å². The first-order valence-corrected chi connectivity index (χ1v) is 6.70. The number of hydrogen-bond donors (Lipinski definition) is 1. The van der Waals surface area contributed by atoms with E-state index in [-0.39, 0.29) is 12.0 Å². The average Bonchev–Trinajstić information content (AvgIpc) is 2.75. The van der Waals surface area contributed by atoms with Crippen molar-refractivity contribution in [3.63, 3.8) is 0 Å². The molecule has 4 nitrogen and oxygen atoms in total. The lowest BCUT2D eigenvalue weighted by Gasteiger charge is -2.32. The largest absolute Gasteiger partial charge is 0.373 e. The zero-order valence-electron chi connectivity index (χ0n) is 10.2. The van der Waals surface area contributed by atoms with Crippen molar-refractivity contribution < 1.29 is 9.53 Å². The van der Waals surface area contributed by atoms with Gasteiger partial charge in [-0.25, -0.2) is 0 Å². The molecule has 1 atom stereocenters. The number of amides is 1. The van der Waals surface area contributed by atoms with E-state index in [1.54, 1.807) is 0 Å². The fourth-order valence-electron chi connectivity index (χ4n) is 1.99. The number of hydrogen-bond acceptors (Lipinski definition) is 4. The molecule has 1 fully saturated rings. The van der Waals surface area contributed by atoms with Crippen LogP contribution in [0.1, 0.15) is 15.2 Å². The van der Waals surface area contributed by atoms with Crippen LogP contribution in [0.25, 0.3) is 0 Å². The van der Waals surface area contributed by atoms with Crippen molar-refractivity contribution in [2.24, 2.45) is 0 Å². The Morgan fingerprint density at radius 2 is 2.53 bits per heavy atom. The van der Waals surface area contributed by atoms with Gasteiger partial charge in [-0.2, -0.15) is 0 Å². The van der Waals surface area contributed by atoms with Crippen molar-refractivity contribution in [3.8, 4) is 0 Å². The maximum atomic E-state index is 12.3. The summed E-state index contributed by atoms with van der Waals surface area (Å²) in [5, 5.41) is 5.05. The molecule has 1 aliphatic rings. The van der Waals surface area contributed by atoms with Crippen LogP contribution in [0.5, 0.6) is 0 Å². The summed E-state index contributed by atoms with van der Waals surface area (Å²) < 4.78 is 5.59. The Balaban J connectivity index is 2.02. The van der Waals surface area contributed by atoms with Crippen molar-refractivity contribution in [1.82, 2.24) is 10.2 Å². The number of thiophene rings is 1. The van der Waals surface area contributed by atoms with E-state index in [1.807, 2.05) is 30.3 Å². The predicted octanol–water partition coefficient (Wildman–Crippen LogP) is 1.12. The maximum Gasteiger partial charge on any atom is 0.264 e. The molecule has 1 aromatic heterocycles. The normalized spacial score (nSPS) is 20.6. The number of carbonyl (C=O) groups is 1. The Morgan fingerprint density at radius 3 is 3.18 bits per heavy atom. The van der Waals surface area contributed by atoms with Crippen LogP contribution < -0.4 is 5.32 Å². The molecular formula is C12H18N2O2S. The fourth-order valence-corrected chi connectivity index (χ4v) is 2.88. The second-order valence-corrected chi connectivity index (χ2v) is 5.15. The third-order valence-corrected chi connectivity index (χ3v) is 3.92. The summed E-state index contributed by atoms with van der Waals surface area (Å²) in [5.41, 5.74) is 1.07. The summed E-state index contributed by atoms with van der Waals surface area (Å²) in [6, 6.07) is 1.99. The lowest BCUT2D eigenvalue weighted by atomic mass is 10.2. The highest BCUT2D eigenvalue weighted by molar-refractivity contribution is 7.12. The van der Waals surface area contributed by atoms with Crippen molar-refractivity contribution in [2.75, 3.05) is 33.3 Å². The predicted molar refractivity (Wildman–Crippen MR) is 68.6 cm³/mol. The third-order valence-electron chi connectivity index (χ3n) is 2.91. The van der Waals surface area contributed by atoms with E-state index in [0.29, 0.717) is 19.7 Å². The smallest absolute Gasteiger partial charge is 0.264 e. The van der Waals surface area contributed by atoms with Crippen LogP contribution in [-0.4, -0.2) is 50.2 Å². The average molecular weight is 254 g/mol. The number of nitrogens with one attached hydrogen (secondary N) is 1. The first-order chi connectivity index (χ1) is 8.22. The van der Waals surface area contributed by atoms with E-state index < -0.39 is 0 Å². The molecule has 1 aromatic rings. The lowest BCUT2D eigenvalue weighted by molar-refractivity contribution is -0.0194. The number of carbonyl (C=O) groups excluding carboxylic acids is 1. The summed E-state index contributed by atoms with van der Waals surface area (Å²) in [4.78, 5) is 15.0. The SMILES string of the molecule is CNCC1CN(C(=O)c2sccc2C)CCO1. The van der Waals surface area contributed by atoms with Gasteiger partial charge in [-0.3, -0.25) is 4.79 Å². The summed E-state index contributed by atoms with van der Waals surface area (Å²) >= 11 is 1.52. The molecule has 0 radical (unpaired) electrons. The molecular weight excluding hydrogens is 236 g/mol. The van der Waals surface area contributed by atoms with E-state index in [0.717, 1.165) is 17.0 Å². The number of nitrogens with zero attached hydrogens (tertiary/aromatic N) is 1. The number of likely N-dealkylation sites (N-methyl/N-ethyl adjacent to an activating group) is 1. The molecule has 0 aromatic carbocycles. The molecule has 0 saturated carbocycles. The minimum atomic E-state index is 0.109. The minimum absolute atomic E-state index is 0.109. The fraction of sp³-hybridized carbons (Fsp3) is 0.583. The molecule has 1 saturated heterocycles. The molecule has 5 heteroatoms. The zero-order valence-corrected chi connectivity index (χ0v) is 11.0. The Morgan fingerprint density at radius 1 is 1.71 bits per heavy atom. The molecule has 1 N–H and O–H groups in total. The molecule has 94 valence electrons. The highest BCUT2D eigenvalue weighted by Crippen LogP contribution is 2.19. The molecule has 1 aliphatic heterocycles. The molecule has 0 aliphatic carbocycles. The number of ether oxygens (including phenoxy) is 1. The van der Waals surface area contributed by atoms with E-state index >= 15 is 0 Å². The second-order valence-electron chi connectivity index (χ2n) is 4.23. The molecule has 2 heterocycles. The van der Waals surface area contributed by atoms with Crippen molar-refractivity contribution in [1.29, 1.82) is 0 Å². The van der Waals surface area contributed by atoms with Gasteiger partial charge in [-0.1, -0.05) is 0 Å². The number of morpholine rings is 1. The van der Waals surface area contributed by atoms with Crippen molar-refractivity contribution in [2.45, 2.75) is 13.0 Å². The van der Waals surface area contributed by atoms with Crippen LogP contribution in [-0.2, 0) is 4.74 Å². The first kappa shape index (κ1) is 12.5. The zero-order chi connectivity index (χ0) is 12.3. The quantitative estimate of drug-likeness (QED) is 0.879. The van der Waals surface area contributed by atoms with E-state index in [1.165, 1.54) is 11.3 Å². The van der Waals surface area contributed by atoms with Crippen LogP contribution in [0, 0.1) is 6.92 Å². The van der Waals surface area contributed by atoms with Crippen LogP contribution in [0.15, 0.2) is 11.4 Å². The summed E-state index contributed by atoms with van der Waals surface area (Å²) in [6.45, 7) is 4.76. The van der Waals surface area contributed by atoms with Gasteiger partial charge in [-0.15, -0.1) is 11.3 Å². The standard InChI is InChI=1S/C12H18N2O2S/c1-9-3-6-17-11(9)12(15)14-4-5-16-10(8-14)7-13-2/h3,6,10,13H,4-5,7-8H2,1-2H3.